The Morgan fingerprint density at radius 3 is 2.82 bits per heavy atom. The molecule has 1 unspecified atom stereocenters. The normalized spacial score (nSPS) is 18.6. The summed E-state index contributed by atoms with van der Waals surface area (Å²) in [6.45, 7) is 1.85. The lowest BCUT2D eigenvalue weighted by molar-refractivity contribution is -0.384. The fourth-order valence-electron chi connectivity index (χ4n) is 1.78. The molecule has 0 N–H and O–H groups in total. The lowest BCUT2D eigenvalue weighted by atomic mass is 10.1. The second-order valence-electron chi connectivity index (χ2n) is 3.82. The number of benzene rings is 1. The number of nitro benzene ring substituents is 1. The van der Waals surface area contributed by atoms with Gasteiger partial charge in [0.25, 0.3) is 11.6 Å². The number of nitrogens with zero attached hydrogens (tertiary/aromatic N) is 2. The molecule has 1 aliphatic heterocycles. The molecule has 0 radical (unpaired) electrons. The molecule has 1 aromatic rings. The molecule has 6 heteroatoms. The van der Waals surface area contributed by atoms with Crippen LogP contribution in [-0.2, 0) is 4.79 Å². The first-order valence-corrected chi connectivity index (χ1v) is 5.27. The molecule has 1 heterocycles. The van der Waals surface area contributed by atoms with Gasteiger partial charge in [0.1, 0.15) is 5.75 Å². The Bertz CT molecular complexity index is 486. The summed E-state index contributed by atoms with van der Waals surface area (Å²) in [7, 11) is 1.59. The van der Waals surface area contributed by atoms with E-state index in [9.17, 15) is 14.9 Å². The number of anilines is 1. The maximum Gasteiger partial charge on any atom is 0.271 e. The summed E-state index contributed by atoms with van der Waals surface area (Å²) in [5, 5.41) is 10.7. The quantitative estimate of drug-likeness (QED) is 0.579. The molecule has 0 spiro atoms. The number of rotatable bonds is 2. The Labute approximate surface area is 97.9 Å². The molecule has 1 amide bonds. The Hall–Kier alpha value is -2.11. The summed E-state index contributed by atoms with van der Waals surface area (Å²) >= 11 is 0. The summed E-state index contributed by atoms with van der Waals surface area (Å²) in [6, 6.07) is 4.24. The number of hydrogen-bond acceptors (Lipinski definition) is 4. The van der Waals surface area contributed by atoms with E-state index >= 15 is 0 Å². The lowest BCUT2D eigenvalue weighted by Crippen LogP contribution is -2.43. The van der Waals surface area contributed by atoms with E-state index in [1.807, 2.05) is 6.92 Å². The number of amides is 1. The molecular formula is C11H12N2O4. The van der Waals surface area contributed by atoms with Crippen molar-refractivity contribution >= 4 is 17.3 Å². The molecule has 1 aromatic carbocycles. The van der Waals surface area contributed by atoms with Gasteiger partial charge in [-0.3, -0.25) is 14.9 Å². The number of hydrogen-bond donors (Lipinski definition) is 0. The van der Waals surface area contributed by atoms with Gasteiger partial charge in [-0.25, -0.2) is 0 Å². The molecule has 90 valence electrons. The summed E-state index contributed by atoms with van der Waals surface area (Å²) in [4.78, 5) is 23.4. The molecule has 0 fully saturated rings. The number of carbonyl (C=O) groups is 1. The highest BCUT2D eigenvalue weighted by Gasteiger charge is 2.31. The van der Waals surface area contributed by atoms with Gasteiger partial charge in [-0.1, -0.05) is 6.92 Å². The SMILES string of the molecule is CCC1Oc2ccc([N+](=O)[O-])cc2N(C)C1=O. The summed E-state index contributed by atoms with van der Waals surface area (Å²) in [5.74, 6) is 0.324. The van der Waals surface area contributed by atoms with Crippen molar-refractivity contribution in [2.45, 2.75) is 19.4 Å². The first-order chi connectivity index (χ1) is 8.04. The highest BCUT2D eigenvalue weighted by molar-refractivity contribution is 5.99. The molecule has 1 atom stereocenters. The highest BCUT2D eigenvalue weighted by Crippen LogP contribution is 2.36. The van der Waals surface area contributed by atoms with Crippen LogP contribution < -0.4 is 9.64 Å². The largest absolute Gasteiger partial charge is 0.478 e. The van der Waals surface area contributed by atoms with E-state index in [0.717, 1.165) is 0 Å². The molecule has 0 bridgehead atoms. The molecule has 0 saturated carbocycles. The van der Waals surface area contributed by atoms with Gasteiger partial charge in [0.05, 0.1) is 10.6 Å². The third-order valence-corrected chi connectivity index (χ3v) is 2.76. The number of carbonyl (C=O) groups excluding carboxylic acids is 1. The minimum absolute atomic E-state index is 0.0538. The highest BCUT2D eigenvalue weighted by atomic mass is 16.6. The van der Waals surface area contributed by atoms with Crippen molar-refractivity contribution in [3.05, 3.63) is 28.3 Å². The van der Waals surface area contributed by atoms with Crippen LogP contribution in [-0.4, -0.2) is 24.0 Å². The van der Waals surface area contributed by atoms with Crippen molar-refractivity contribution in [2.24, 2.45) is 0 Å². The minimum atomic E-state index is -0.506. The predicted molar refractivity (Wildman–Crippen MR) is 61.2 cm³/mol. The fourth-order valence-corrected chi connectivity index (χ4v) is 1.78. The van der Waals surface area contributed by atoms with Gasteiger partial charge < -0.3 is 9.64 Å². The second kappa shape index (κ2) is 4.04. The average Bonchev–Trinajstić information content (AvgIpc) is 2.33. The van der Waals surface area contributed by atoms with Crippen LogP contribution in [0.2, 0.25) is 0 Å². The first kappa shape index (κ1) is 11.4. The van der Waals surface area contributed by atoms with Gasteiger partial charge in [-0.2, -0.15) is 0 Å². The fraction of sp³-hybridized carbons (Fsp3) is 0.364. The van der Waals surface area contributed by atoms with E-state index in [1.165, 1.54) is 23.1 Å². The van der Waals surface area contributed by atoms with Gasteiger partial charge in [0, 0.05) is 19.2 Å². The van der Waals surface area contributed by atoms with Crippen LogP contribution in [0.4, 0.5) is 11.4 Å². The van der Waals surface area contributed by atoms with E-state index in [1.54, 1.807) is 7.05 Å². The van der Waals surface area contributed by atoms with Crippen LogP contribution in [0, 0.1) is 10.1 Å². The van der Waals surface area contributed by atoms with Crippen LogP contribution in [0.15, 0.2) is 18.2 Å². The van der Waals surface area contributed by atoms with Crippen LogP contribution in [0.1, 0.15) is 13.3 Å². The van der Waals surface area contributed by atoms with E-state index in [-0.39, 0.29) is 11.6 Å². The minimum Gasteiger partial charge on any atom is -0.478 e. The number of nitro groups is 1. The molecule has 1 aliphatic rings. The Balaban J connectivity index is 2.46. The summed E-state index contributed by atoms with van der Waals surface area (Å²) in [5.41, 5.74) is 0.385. The van der Waals surface area contributed by atoms with Crippen LogP contribution in [0.5, 0.6) is 5.75 Å². The van der Waals surface area contributed by atoms with Crippen molar-refractivity contribution in [3.63, 3.8) is 0 Å². The van der Waals surface area contributed by atoms with Crippen LogP contribution >= 0.6 is 0 Å². The summed E-state index contributed by atoms with van der Waals surface area (Å²) in [6.07, 6.45) is 0.0635. The molecule has 0 aliphatic carbocycles. The number of likely N-dealkylation sites (N-methyl/N-ethyl adjacent to an activating group) is 1. The van der Waals surface area contributed by atoms with Crippen molar-refractivity contribution in [2.75, 3.05) is 11.9 Å². The Morgan fingerprint density at radius 1 is 1.53 bits per heavy atom. The smallest absolute Gasteiger partial charge is 0.271 e. The number of fused-ring (bicyclic) bond motifs is 1. The van der Waals surface area contributed by atoms with Crippen LogP contribution in [0.3, 0.4) is 0 Å². The van der Waals surface area contributed by atoms with E-state index in [2.05, 4.69) is 0 Å². The molecule has 0 saturated heterocycles. The topological polar surface area (TPSA) is 72.7 Å². The molecule has 6 nitrogen and oxygen atoms in total. The molecular weight excluding hydrogens is 224 g/mol. The summed E-state index contributed by atoms with van der Waals surface area (Å²) < 4.78 is 5.48. The van der Waals surface area contributed by atoms with Crippen molar-refractivity contribution in [3.8, 4) is 5.75 Å². The van der Waals surface area contributed by atoms with Gasteiger partial charge in [0.15, 0.2) is 6.10 Å². The van der Waals surface area contributed by atoms with E-state index in [4.69, 9.17) is 4.74 Å². The standard InChI is InChI=1S/C11H12N2O4/c1-3-9-11(14)12(2)8-6-7(13(15)16)4-5-10(8)17-9/h4-6,9H,3H2,1-2H3. The predicted octanol–water partition coefficient (Wildman–Crippen LogP) is 1.73. The van der Waals surface area contributed by atoms with Crippen molar-refractivity contribution < 1.29 is 14.5 Å². The molecule has 17 heavy (non-hydrogen) atoms. The maximum atomic E-state index is 11.8. The van der Waals surface area contributed by atoms with E-state index < -0.39 is 11.0 Å². The van der Waals surface area contributed by atoms with Crippen molar-refractivity contribution in [1.29, 1.82) is 0 Å². The third kappa shape index (κ3) is 1.82. The molecule has 2 rings (SSSR count). The monoisotopic (exact) mass is 236 g/mol. The van der Waals surface area contributed by atoms with Gasteiger partial charge in [0.2, 0.25) is 0 Å². The van der Waals surface area contributed by atoms with Crippen LogP contribution in [0.25, 0.3) is 0 Å². The van der Waals surface area contributed by atoms with Gasteiger partial charge in [-0.05, 0) is 12.5 Å². The second-order valence-corrected chi connectivity index (χ2v) is 3.82. The number of non-ortho nitro benzene ring substituents is 1. The number of ether oxygens (including phenoxy) is 1. The maximum absolute atomic E-state index is 11.8. The van der Waals surface area contributed by atoms with E-state index in [0.29, 0.717) is 17.9 Å². The zero-order chi connectivity index (χ0) is 12.6. The Kier molecular flexibility index (Phi) is 2.71. The first-order valence-electron chi connectivity index (χ1n) is 5.27. The zero-order valence-electron chi connectivity index (χ0n) is 9.54. The van der Waals surface area contributed by atoms with Crippen molar-refractivity contribution in [1.82, 2.24) is 0 Å². The molecule has 0 aromatic heterocycles. The Morgan fingerprint density at radius 2 is 2.24 bits per heavy atom. The third-order valence-electron chi connectivity index (χ3n) is 2.76. The van der Waals surface area contributed by atoms with Gasteiger partial charge >= 0.3 is 0 Å². The zero-order valence-corrected chi connectivity index (χ0v) is 9.54. The average molecular weight is 236 g/mol. The lowest BCUT2D eigenvalue weighted by Gasteiger charge is -2.31. The van der Waals surface area contributed by atoms with Gasteiger partial charge in [-0.15, -0.1) is 0 Å².